The molecule has 0 saturated heterocycles. The fourth-order valence-corrected chi connectivity index (χ4v) is 1.65. The molecule has 1 rings (SSSR count). The molecule has 0 N–H and O–H groups in total. The zero-order valence-corrected chi connectivity index (χ0v) is 11.5. The van der Waals surface area contributed by atoms with Crippen LogP contribution in [0.1, 0.15) is 39.4 Å². The summed E-state index contributed by atoms with van der Waals surface area (Å²) in [5.74, 6) is 1.18. The molecule has 0 aliphatic rings. The SMILES string of the molecule is CC=O.COC(c1ccccc1)C(C)C(C)C. The van der Waals surface area contributed by atoms with Crippen LogP contribution in [0.15, 0.2) is 30.3 Å². The molecule has 0 amide bonds. The number of hydrogen-bond donors (Lipinski definition) is 0. The molecule has 2 atom stereocenters. The van der Waals surface area contributed by atoms with Crippen LogP contribution in [0.4, 0.5) is 0 Å². The maximum Gasteiger partial charge on any atom is 0.116 e. The molecule has 1 aromatic rings. The van der Waals surface area contributed by atoms with E-state index < -0.39 is 0 Å². The van der Waals surface area contributed by atoms with Gasteiger partial charge in [-0.25, -0.2) is 0 Å². The van der Waals surface area contributed by atoms with E-state index in [0.717, 1.165) is 6.29 Å². The van der Waals surface area contributed by atoms with Gasteiger partial charge in [0.25, 0.3) is 0 Å². The van der Waals surface area contributed by atoms with E-state index in [-0.39, 0.29) is 6.10 Å². The standard InChI is InChI=1S/C13H20O.C2H4O/c1-10(2)11(3)13(14-4)12-8-6-5-7-9-12;1-2-3/h5-11,13H,1-4H3;2H,1H3. The topological polar surface area (TPSA) is 26.3 Å². The highest BCUT2D eigenvalue weighted by Gasteiger charge is 2.20. The van der Waals surface area contributed by atoms with E-state index in [1.165, 1.54) is 12.5 Å². The normalized spacial score (nSPS) is 13.5. The summed E-state index contributed by atoms with van der Waals surface area (Å²) in [6.45, 7) is 8.16. The number of benzene rings is 1. The number of aldehydes is 1. The average Bonchev–Trinajstić information content (AvgIpc) is 2.32. The Morgan fingerprint density at radius 3 is 1.94 bits per heavy atom. The van der Waals surface area contributed by atoms with Crippen molar-refractivity contribution in [3.05, 3.63) is 35.9 Å². The van der Waals surface area contributed by atoms with Crippen molar-refractivity contribution in [2.75, 3.05) is 7.11 Å². The van der Waals surface area contributed by atoms with E-state index in [4.69, 9.17) is 9.53 Å². The molecule has 96 valence electrons. The number of carbonyl (C=O) groups is 1. The fourth-order valence-electron chi connectivity index (χ4n) is 1.65. The van der Waals surface area contributed by atoms with Crippen molar-refractivity contribution < 1.29 is 9.53 Å². The summed E-state index contributed by atoms with van der Waals surface area (Å²) in [5, 5.41) is 0. The molecule has 0 aromatic heterocycles. The predicted octanol–water partition coefficient (Wildman–Crippen LogP) is 3.87. The van der Waals surface area contributed by atoms with Crippen molar-refractivity contribution in [1.82, 2.24) is 0 Å². The Bertz CT molecular complexity index is 293. The smallest absolute Gasteiger partial charge is 0.116 e. The lowest BCUT2D eigenvalue weighted by molar-refractivity contribution is -0.106. The number of ether oxygens (including phenoxy) is 1. The van der Waals surface area contributed by atoms with Crippen LogP contribution in [0.5, 0.6) is 0 Å². The molecule has 0 heterocycles. The number of carbonyl (C=O) groups excluding carboxylic acids is 1. The lowest BCUT2D eigenvalue weighted by atomic mass is 9.88. The van der Waals surface area contributed by atoms with Gasteiger partial charge in [0, 0.05) is 7.11 Å². The highest BCUT2D eigenvalue weighted by Crippen LogP contribution is 2.30. The predicted molar refractivity (Wildman–Crippen MR) is 71.9 cm³/mol. The maximum absolute atomic E-state index is 8.81. The maximum atomic E-state index is 8.81. The number of hydrogen-bond acceptors (Lipinski definition) is 2. The summed E-state index contributed by atoms with van der Waals surface area (Å²) in [4.78, 5) is 8.81. The van der Waals surface area contributed by atoms with Gasteiger partial charge in [0.15, 0.2) is 0 Å². The lowest BCUT2D eigenvalue weighted by Crippen LogP contribution is -2.16. The molecule has 17 heavy (non-hydrogen) atoms. The van der Waals surface area contributed by atoms with E-state index in [1.54, 1.807) is 7.11 Å². The summed E-state index contributed by atoms with van der Waals surface area (Å²) in [6, 6.07) is 10.4. The van der Waals surface area contributed by atoms with Crippen molar-refractivity contribution in [2.24, 2.45) is 11.8 Å². The van der Waals surface area contributed by atoms with Crippen LogP contribution < -0.4 is 0 Å². The molecule has 0 radical (unpaired) electrons. The minimum absolute atomic E-state index is 0.219. The Morgan fingerprint density at radius 1 is 1.12 bits per heavy atom. The molecule has 0 aliphatic heterocycles. The average molecular weight is 236 g/mol. The van der Waals surface area contributed by atoms with Crippen LogP contribution in [0.2, 0.25) is 0 Å². The van der Waals surface area contributed by atoms with Gasteiger partial charge in [-0.2, -0.15) is 0 Å². The molecular formula is C15H24O2. The van der Waals surface area contributed by atoms with Gasteiger partial charge in [-0.3, -0.25) is 0 Å². The summed E-state index contributed by atoms with van der Waals surface area (Å²) >= 11 is 0. The third kappa shape index (κ3) is 5.64. The molecule has 0 fully saturated rings. The molecule has 2 heteroatoms. The number of rotatable bonds is 4. The molecular weight excluding hydrogens is 212 g/mol. The second kappa shape index (κ2) is 8.94. The molecule has 0 aliphatic carbocycles. The van der Waals surface area contributed by atoms with E-state index in [9.17, 15) is 0 Å². The second-order valence-electron chi connectivity index (χ2n) is 4.41. The second-order valence-corrected chi connectivity index (χ2v) is 4.41. The quantitative estimate of drug-likeness (QED) is 0.742. The van der Waals surface area contributed by atoms with E-state index in [0.29, 0.717) is 11.8 Å². The molecule has 2 nitrogen and oxygen atoms in total. The van der Waals surface area contributed by atoms with Gasteiger partial charge in [-0.1, -0.05) is 51.1 Å². The summed E-state index contributed by atoms with van der Waals surface area (Å²) in [5.41, 5.74) is 1.27. The van der Waals surface area contributed by atoms with Crippen LogP contribution in [0, 0.1) is 11.8 Å². The van der Waals surface area contributed by atoms with Gasteiger partial charge in [-0.05, 0) is 24.3 Å². The summed E-state index contributed by atoms with van der Waals surface area (Å²) < 4.78 is 5.56. The number of methoxy groups -OCH3 is 1. The third-order valence-corrected chi connectivity index (χ3v) is 2.91. The third-order valence-electron chi connectivity index (χ3n) is 2.91. The van der Waals surface area contributed by atoms with Crippen LogP contribution in [0.25, 0.3) is 0 Å². The first-order valence-electron chi connectivity index (χ1n) is 6.06. The van der Waals surface area contributed by atoms with Crippen molar-refractivity contribution in [1.29, 1.82) is 0 Å². The fraction of sp³-hybridized carbons (Fsp3) is 0.533. The van der Waals surface area contributed by atoms with Crippen LogP contribution in [-0.2, 0) is 9.53 Å². The first kappa shape index (κ1) is 15.9. The minimum Gasteiger partial charge on any atom is -0.376 e. The summed E-state index contributed by atoms with van der Waals surface area (Å²) in [7, 11) is 1.79. The monoisotopic (exact) mass is 236 g/mol. The molecule has 2 unspecified atom stereocenters. The summed E-state index contributed by atoms with van der Waals surface area (Å²) in [6.07, 6.45) is 0.969. The van der Waals surface area contributed by atoms with Crippen LogP contribution >= 0.6 is 0 Å². The Kier molecular flexibility index (Phi) is 8.34. The van der Waals surface area contributed by atoms with E-state index >= 15 is 0 Å². The largest absolute Gasteiger partial charge is 0.376 e. The lowest BCUT2D eigenvalue weighted by Gasteiger charge is -2.26. The van der Waals surface area contributed by atoms with E-state index in [1.807, 2.05) is 6.07 Å². The van der Waals surface area contributed by atoms with Crippen LogP contribution in [0.3, 0.4) is 0 Å². The highest BCUT2D eigenvalue weighted by molar-refractivity contribution is 5.44. The Hall–Kier alpha value is -1.15. The van der Waals surface area contributed by atoms with E-state index in [2.05, 4.69) is 45.0 Å². The Labute approximate surface area is 105 Å². The van der Waals surface area contributed by atoms with Gasteiger partial charge >= 0.3 is 0 Å². The zero-order chi connectivity index (χ0) is 13.3. The van der Waals surface area contributed by atoms with Gasteiger partial charge in [0.05, 0.1) is 6.10 Å². The van der Waals surface area contributed by atoms with Crippen molar-refractivity contribution in [2.45, 2.75) is 33.8 Å². The van der Waals surface area contributed by atoms with Crippen LogP contribution in [-0.4, -0.2) is 13.4 Å². The van der Waals surface area contributed by atoms with Crippen molar-refractivity contribution in [3.63, 3.8) is 0 Å². The minimum atomic E-state index is 0.219. The van der Waals surface area contributed by atoms with Crippen molar-refractivity contribution >= 4 is 6.29 Å². The first-order valence-corrected chi connectivity index (χ1v) is 6.06. The van der Waals surface area contributed by atoms with Crippen molar-refractivity contribution in [3.8, 4) is 0 Å². The van der Waals surface area contributed by atoms with Gasteiger partial charge < -0.3 is 9.53 Å². The Morgan fingerprint density at radius 2 is 1.59 bits per heavy atom. The molecule has 0 saturated carbocycles. The van der Waals surface area contributed by atoms with Gasteiger partial charge in [-0.15, -0.1) is 0 Å². The molecule has 1 aromatic carbocycles. The Balaban J connectivity index is 0.000000770. The molecule has 0 spiro atoms. The zero-order valence-electron chi connectivity index (χ0n) is 11.5. The highest BCUT2D eigenvalue weighted by atomic mass is 16.5. The van der Waals surface area contributed by atoms with Gasteiger partial charge in [0.1, 0.15) is 6.29 Å². The molecule has 0 bridgehead atoms. The first-order chi connectivity index (χ1) is 8.08. The van der Waals surface area contributed by atoms with Gasteiger partial charge in [0.2, 0.25) is 0 Å².